The second-order valence-electron chi connectivity index (χ2n) is 6.02. The lowest BCUT2D eigenvalue weighted by Gasteiger charge is -2.10. The highest BCUT2D eigenvalue weighted by atomic mass is 35.5. The molecule has 9 heteroatoms. The Kier molecular flexibility index (Phi) is 6.19. The molecule has 0 bridgehead atoms. The number of benzene rings is 3. The van der Waals surface area contributed by atoms with Crippen molar-refractivity contribution in [3.8, 4) is 0 Å². The van der Waals surface area contributed by atoms with E-state index in [2.05, 4.69) is 19.9 Å². The molecule has 0 radical (unpaired) electrons. The zero-order valence-electron chi connectivity index (χ0n) is 15.3. The first-order chi connectivity index (χ1) is 13.8. The fraction of sp³-hybridized carbons (Fsp3) is 0.0500. The van der Waals surface area contributed by atoms with E-state index in [0.29, 0.717) is 16.3 Å². The normalized spacial score (nSPS) is 10.7. The highest BCUT2D eigenvalue weighted by molar-refractivity contribution is 7.92. The van der Waals surface area contributed by atoms with Crippen molar-refractivity contribution in [1.82, 2.24) is 4.91 Å². The van der Waals surface area contributed by atoms with E-state index < -0.39 is 15.9 Å². The van der Waals surface area contributed by atoms with Crippen molar-refractivity contribution >= 4 is 38.9 Å². The third kappa shape index (κ3) is 5.36. The average molecular weight is 428 g/mol. The van der Waals surface area contributed by atoms with Crippen LogP contribution in [0.5, 0.6) is 0 Å². The quantitative estimate of drug-likeness (QED) is 0.463. The van der Waals surface area contributed by atoms with Crippen molar-refractivity contribution < 1.29 is 13.2 Å². The average Bonchev–Trinajstić information content (AvgIpc) is 2.69. The third-order valence-corrected chi connectivity index (χ3v) is 5.66. The van der Waals surface area contributed by atoms with Crippen LogP contribution >= 0.6 is 11.6 Å². The number of nitrogens with zero attached hydrogens (tertiary/aromatic N) is 3. The summed E-state index contributed by atoms with van der Waals surface area (Å²) >= 11 is 5.79. The van der Waals surface area contributed by atoms with Gasteiger partial charge in [-0.3, -0.25) is 9.52 Å². The lowest BCUT2D eigenvalue weighted by molar-refractivity contribution is 0.0992. The van der Waals surface area contributed by atoms with Crippen molar-refractivity contribution in [2.45, 2.75) is 11.8 Å². The Balaban J connectivity index is 1.78. The highest BCUT2D eigenvalue weighted by Gasteiger charge is 2.17. The lowest BCUT2D eigenvalue weighted by atomic mass is 10.2. The largest absolute Gasteiger partial charge is 0.360 e. The summed E-state index contributed by atoms with van der Waals surface area (Å²) in [6, 6.07) is 19.2. The van der Waals surface area contributed by atoms with Gasteiger partial charge in [0.15, 0.2) is 10.8 Å². The van der Waals surface area contributed by atoms with Gasteiger partial charge in [-0.15, -0.1) is 0 Å². The summed E-state index contributed by atoms with van der Waals surface area (Å²) in [5, 5.41) is 7.90. The van der Waals surface area contributed by atoms with Crippen molar-refractivity contribution in [2.24, 2.45) is 10.2 Å². The second kappa shape index (κ2) is 8.79. The van der Waals surface area contributed by atoms with Crippen LogP contribution in [-0.2, 0) is 10.0 Å². The van der Waals surface area contributed by atoms with Gasteiger partial charge >= 0.3 is 5.91 Å². The van der Waals surface area contributed by atoms with Crippen LogP contribution in [0, 0.1) is 6.92 Å². The molecule has 0 aliphatic carbocycles. The number of nitrogens with one attached hydrogen (secondary N) is 1. The topological polar surface area (TPSA) is 102 Å². The molecule has 0 aliphatic rings. The minimum Gasteiger partial charge on any atom is -0.280 e. The van der Waals surface area contributed by atoms with E-state index in [0.717, 1.165) is 0 Å². The Morgan fingerprint density at radius 3 is 2.45 bits per heavy atom. The Morgan fingerprint density at radius 1 is 1.00 bits per heavy atom. The van der Waals surface area contributed by atoms with Crippen LogP contribution in [0.2, 0.25) is 5.02 Å². The monoisotopic (exact) mass is 427 g/mol. The van der Waals surface area contributed by atoms with E-state index in [-0.39, 0.29) is 16.1 Å². The molecule has 0 heterocycles. The fourth-order valence-electron chi connectivity index (χ4n) is 2.46. The molecule has 0 fully saturated rings. The number of aryl methyl sites for hydroxylation is 1. The number of sulfonamides is 1. The van der Waals surface area contributed by atoms with Gasteiger partial charge in [-0.1, -0.05) is 35.9 Å². The predicted octanol–water partition coefficient (Wildman–Crippen LogP) is 4.89. The van der Waals surface area contributed by atoms with Crippen LogP contribution in [0.3, 0.4) is 0 Å². The fourth-order valence-corrected chi connectivity index (χ4v) is 3.89. The maximum Gasteiger partial charge on any atom is 0.360 e. The van der Waals surface area contributed by atoms with E-state index in [1.165, 1.54) is 18.2 Å². The predicted molar refractivity (Wildman–Crippen MR) is 111 cm³/mol. The molecular weight excluding hydrogens is 412 g/mol. The van der Waals surface area contributed by atoms with Gasteiger partial charge in [0.05, 0.1) is 10.5 Å². The summed E-state index contributed by atoms with van der Waals surface area (Å²) in [4.78, 5) is 15.9. The standard InChI is InChI=1S/C20H16ClN4O3S/c1-14-5-2-3-8-19(14)29(27,28)24-18-7-4-6-15(13-18)20(26)23-25-22-17-11-9-16(21)10-12-17/h2-13,24H,1H3/q+1. The van der Waals surface area contributed by atoms with E-state index in [1.54, 1.807) is 61.5 Å². The van der Waals surface area contributed by atoms with Gasteiger partial charge in [0.2, 0.25) is 10.0 Å². The minimum absolute atomic E-state index is 0.165. The Morgan fingerprint density at radius 2 is 1.72 bits per heavy atom. The molecule has 0 saturated carbocycles. The SMILES string of the molecule is Cc1ccccc1S(=O)(=O)Nc1cccc(C(=O)N=[N+]=Nc2ccc(Cl)cc2)c1. The van der Waals surface area contributed by atoms with Gasteiger partial charge in [-0.25, -0.2) is 8.42 Å². The molecular formula is C20H16ClN4O3S+. The van der Waals surface area contributed by atoms with Gasteiger partial charge in [-0.05, 0) is 61.0 Å². The van der Waals surface area contributed by atoms with Gasteiger partial charge < -0.3 is 0 Å². The molecule has 0 unspecified atom stereocenters. The molecule has 29 heavy (non-hydrogen) atoms. The summed E-state index contributed by atoms with van der Waals surface area (Å²) in [6.45, 7) is 1.71. The van der Waals surface area contributed by atoms with Gasteiger partial charge in [0, 0.05) is 10.7 Å². The van der Waals surface area contributed by atoms with Crippen LogP contribution in [0.15, 0.2) is 87.9 Å². The Labute approximate surface area is 172 Å². The summed E-state index contributed by atoms with van der Waals surface area (Å²) < 4.78 is 27.7. The first-order valence-electron chi connectivity index (χ1n) is 8.45. The first kappa shape index (κ1) is 20.4. The number of carbonyl (C=O) groups is 1. The molecule has 3 rings (SSSR count). The van der Waals surface area contributed by atoms with Crippen LogP contribution in [0.4, 0.5) is 11.4 Å². The molecule has 1 N–H and O–H groups in total. The van der Waals surface area contributed by atoms with E-state index in [4.69, 9.17) is 11.6 Å². The van der Waals surface area contributed by atoms with Gasteiger partial charge in [-0.2, -0.15) is 0 Å². The highest BCUT2D eigenvalue weighted by Crippen LogP contribution is 2.20. The number of rotatable bonds is 5. The van der Waals surface area contributed by atoms with E-state index in [9.17, 15) is 13.2 Å². The molecule has 0 saturated heterocycles. The zero-order valence-corrected chi connectivity index (χ0v) is 16.9. The van der Waals surface area contributed by atoms with Crippen molar-refractivity contribution in [2.75, 3.05) is 4.72 Å². The molecule has 7 nitrogen and oxygen atoms in total. The molecule has 0 atom stereocenters. The molecule has 0 spiro atoms. The lowest BCUT2D eigenvalue weighted by Crippen LogP contribution is -2.14. The summed E-state index contributed by atoms with van der Waals surface area (Å²) in [5.74, 6) is -0.653. The second-order valence-corrected chi connectivity index (χ2v) is 8.11. The first-order valence-corrected chi connectivity index (χ1v) is 10.3. The van der Waals surface area contributed by atoms with Crippen LogP contribution in [0.1, 0.15) is 15.9 Å². The van der Waals surface area contributed by atoms with Gasteiger partial charge in [0.25, 0.3) is 10.0 Å². The molecule has 0 aromatic heterocycles. The molecule has 146 valence electrons. The maximum absolute atomic E-state index is 12.6. The Hall–Kier alpha value is -3.32. The number of amides is 1. The van der Waals surface area contributed by atoms with Crippen molar-refractivity contribution in [3.63, 3.8) is 0 Å². The number of hydrogen-bond acceptors (Lipinski definition) is 4. The van der Waals surface area contributed by atoms with Crippen molar-refractivity contribution in [1.29, 1.82) is 0 Å². The Bertz CT molecular complexity index is 1220. The van der Waals surface area contributed by atoms with Crippen molar-refractivity contribution in [3.05, 3.63) is 88.9 Å². The van der Waals surface area contributed by atoms with Crippen LogP contribution in [0.25, 0.3) is 0 Å². The smallest absolute Gasteiger partial charge is 0.280 e. The molecule has 3 aromatic carbocycles. The third-order valence-electron chi connectivity index (χ3n) is 3.87. The van der Waals surface area contributed by atoms with E-state index >= 15 is 0 Å². The van der Waals surface area contributed by atoms with Crippen LogP contribution < -0.4 is 9.63 Å². The molecule has 1 amide bonds. The number of carbonyl (C=O) groups excluding carboxylic acids is 1. The molecule has 0 aliphatic heterocycles. The summed E-state index contributed by atoms with van der Waals surface area (Å²) in [7, 11) is -3.79. The number of anilines is 1. The number of halogens is 1. The minimum atomic E-state index is -3.79. The van der Waals surface area contributed by atoms with E-state index in [1.807, 2.05) is 0 Å². The zero-order chi connectivity index (χ0) is 20.9. The summed E-state index contributed by atoms with van der Waals surface area (Å²) in [6.07, 6.45) is 0. The van der Waals surface area contributed by atoms with Gasteiger partial charge in [0.1, 0.15) is 0 Å². The maximum atomic E-state index is 12.6. The molecule has 3 aromatic rings. The number of hydrogen-bond donors (Lipinski definition) is 1. The van der Waals surface area contributed by atoms with Crippen LogP contribution in [-0.4, -0.2) is 14.3 Å². The summed E-state index contributed by atoms with van der Waals surface area (Å²) in [5.41, 5.74) is 1.52.